The van der Waals surface area contributed by atoms with E-state index in [-0.39, 0.29) is 24.8 Å². The van der Waals surface area contributed by atoms with Crippen LogP contribution in [0.5, 0.6) is 0 Å². The largest absolute Gasteiger partial charge is 0.481 e. The number of nitrogens with zero attached hydrogens (tertiary/aromatic N) is 3. The van der Waals surface area contributed by atoms with E-state index in [0.29, 0.717) is 6.42 Å². The molecule has 1 aromatic rings. The molecule has 0 spiro atoms. The lowest BCUT2D eigenvalue weighted by molar-refractivity contribution is -0.389. The number of nitro groups is 1. The third-order valence-corrected chi connectivity index (χ3v) is 2.77. The number of rotatable bonds is 8. The van der Waals surface area contributed by atoms with Gasteiger partial charge in [0.25, 0.3) is 0 Å². The molecule has 0 aliphatic carbocycles. The minimum absolute atomic E-state index is 0.0235. The zero-order valence-corrected chi connectivity index (χ0v) is 11.9. The molecule has 0 aliphatic rings. The van der Waals surface area contributed by atoms with Crippen LogP contribution in [-0.4, -0.2) is 38.2 Å². The number of amides is 1. The zero-order valence-electron chi connectivity index (χ0n) is 11.9. The standard InChI is InChI=1S/C12H18N4O5/c1-8(2)5-9(12(18)19)6-13-11(17)7-15-4-3-10(14-15)16(20)21/h3-4,8-9H,5-7H2,1-2H3,(H,13,17)(H,18,19). The van der Waals surface area contributed by atoms with E-state index < -0.39 is 22.7 Å². The number of hydrogen-bond donors (Lipinski definition) is 2. The Morgan fingerprint density at radius 2 is 2.19 bits per heavy atom. The molecule has 9 heteroatoms. The second kappa shape index (κ2) is 7.36. The lowest BCUT2D eigenvalue weighted by Crippen LogP contribution is -2.35. The van der Waals surface area contributed by atoms with Crippen LogP contribution >= 0.6 is 0 Å². The minimum atomic E-state index is -0.960. The molecule has 1 rings (SSSR count). The van der Waals surface area contributed by atoms with Gasteiger partial charge in [0.15, 0.2) is 0 Å². The Kier molecular flexibility index (Phi) is 5.82. The van der Waals surface area contributed by atoms with Crippen molar-refractivity contribution in [3.8, 4) is 0 Å². The van der Waals surface area contributed by atoms with Gasteiger partial charge in [-0.3, -0.25) is 9.59 Å². The van der Waals surface area contributed by atoms with Crippen molar-refractivity contribution in [1.82, 2.24) is 15.1 Å². The molecular weight excluding hydrogens is 280 g/mol. The normalized spacial score (nSPS) is 12.1. The van der Waals surface area contributed by atoms with Crippen LogP contribution in [0.1, 0.15) is 20.3 Å². The van der Waals surface area contributed by atoms with E-state index in [2.05, 4.69) is 10.4 Å². The van der Waals surface area contributed by atoms with E-state index in [1.807, 2.05) is 13.8 Å². The third kappa shape index (κ3) is 5.59. The second-order valence-electron chi connectivity index (χ2n) is 5.10. The summed E-state index contributed by atoms with van der Waals surface area (Å²) in [6, 6.07) is 1.19. The van der Waals surface area contributed by atoms with Gasteiger partial charge in [-0.2, -0.15) is 4.68 Å². The van der Waals surface area contributed by atoms with Gasteiger partial charge >= 0.3 is 11.8 Å². The molecule has 21 heavy (non-hydrogen) atoms. The summed E-state index contributed by atoms with van der Waals surface area (Å²) in [7, 11) is 0. The molecule has 0 bridgehead atoms. The monoisotopic (exact) mass is 298 g/mol. The zero-order chi connectivity index (χ0) is 16.0. The van der Waals surface area contributed by atoms with Gasteiger partial charge in [0.2, 0.25) is 5.91 Å². The fourth-order valence-electron chi connectivity index (χ4n) is 1.82. The van der Waals surface area contributed by atoms with Crippen LogP contribution in [0.3, 0.4) is 0 Å². The summed E-state index contributed by atoms with van der Waals surface area (Å²) in [5.41, 5.74) is 0. The van der Waals surface area contributed by atoms with E-state index in [9.17, 15) is 19.7 Å². The highest BCUT2D eigenvalue weighted by Crippen LogP contribution is 2.11. The number of carbonyl (C=O) groups is 2. The first-order valence-electron chi connectivity index (χ1n) is 6.47. The fraction of sp³-hybridized carbons (Fsp3) is 0.583. The van der Waals surface area contributed by atoms with Crippen LogP contribution in [0, 0.1) is 22.0 Å². The fourth-order valence-corrected chi connectivity index (χ4v) is 1.82. The molecule has 0 radical (unpaired) electrons. The summed E-state index contributed by atoms with van der Waals surface area (Å²) < 4.78 is 1.13. The highest BCUT2D eigenvalue weighted by Gasteiger charge is 2.20. The predicted molar refractivity (Wildman–Crippen MR) is 72.5 cm³/mol. The number of carboxylic acid groups (broad SMARTS) is 1. The lowest BCUT2D eigenvalue weighted by Gasteiger charge is -2.15. The highest BCUT2D eigenvalue weighted by atomic mass is 16.6. The Bertz CT molecular complexity index is 525. The number of carbonyl (C=O) groups excluding carboxylic acids is 1. The Balaban J connectivity index is 2.48. The molecule has 0 aromatic carbocycles. The van der Waals surface area contributed by atoms with E-state index in [1.54, 1.807) is 0 Å². The minimum Gasteiger partial charge on any atom is -0.481 e. The summed E-state index contributed by atoms with van der Waals surface area (Å²) in [5.74, 6) is -2.19. The number of carboxylic acids is 1. The van der Waals surface area contributed by atoms with Crippen LogP contribution in [0.2, 0.25) is 0 Å². The first kappa shape index (κ1) is 16.6. The van der Waals surface area contributed by atoms with Crippen molar-refractivity contribution in [2.24, 2.45) is 11.8 Å². The average Bonchev–Trinajstić information content (AvgIpc) is 2.82. The highest BCUT2D eigenvalue weighted by molar-refractivity contribution is 5.77. The molecule has 0 fully saturated rings. The first-order chi connectivity index (χ1) is 9.79. The molecule has 0 saturated carbocycles. The molecule has 9 nitrogen and oxygen atoms in total. The average molecular weight is 298 g/mol. The Morgan fingerprint density at radius 1 is 1.52 bits per heavy atom. The van der Waals surface area contributed by atoms with E-state index in [0.717, 1.165) is 4.68 Å². The van der Waals surface area contributed by atoms with E-state index >= 15 is 0 Å². The number of aliphatic carboxylic acids is 1. The van der Waals surface area contributed by atoms with Crippen molar-refractivity contribution < 1.29 is 19.6 Å². The summed E-state index contributed by atoms with van der Waals surface area (Å²) in [6.07, 6.45) is 1.78. The quantitative estimate of drug-likeness (QED) is 0.536. The smallest absolute Gasteiger partial charge is 0.389 e. The van der Waals surface area contributed by atoms with Gasteiger partial charge in [-0.05, 0) is 17.3 Å². The molecular formula is C12H18N4O5. The summed E-state index contributed by atoms with van der Waals surface area (Å²) in [4.78, 5) is 32.5. The van der Waals surface area contributed by atoms with Gasteiger partial charge in [0.1, 0.15) is 6.54 Å². The van der Waals surface area contributed by atoms with Gasteiger partial charge < -0.3 is 20.5 Å². The van der Waals surface area contributed by atoms with Gasteiger partial charge in [0, 0.05) is 6.54 Å². The van der Waals surface area contributed by atoms with Crippen LogP contribution in [0.4, 0.5) is 5.82 Å². The topological polar surface area (TPSA) is 127 Å². The van der Waals surface area contributed by atoms with E-state index in [1.165, 1.54) is 12.3 Å². The van der Waals surface area contributed by atoms with Gasteiger partial charge in [-0.25, -0.2) is 0 Å². The molecule has 1 heterocycles. The molecule has 1 unspecified atom stereocenters. The van der Waals surface area contributed by atoms with E-state index in [4.69, 9.17) is 5.11 Å². The molecule has 0 aliphatic heterocycles. The molecule has 0 saturated heterocycles. The van der Waals surface area contributed by atoms with Crippen LogP contribution < -0.4 is 5.32 Å². The van der Waals surface area contributed by atoms with Crippen molar-refractivity contribution in [2.45, 2.75) is 26.8 Å². The number of hydrogen-bond acceptors (Lipinski definition) is 5. The second-order valence-corrected chi connectivity index (χ2v) is 5.10. The van der Waals surface area contributed by atoms with Crippen LogP contribution in [-0.2, 0) is 16.1 Å². The molecule has 1 amide bonds. The van der Waals surface area contributed by atoms with Crippen molar-refractivity contribution in [3.05, 3.63) is 22.4 Å². The Hall–Kier alpha value is -2.45. The number of aromatic nitrogens is 2. The predicted octanol–water partition coefficient (Wildman–Crippen LogP) is 0.654. The molecule has 1 atom stereocenters. The maximum absolute atomic E-state index is 11.7. The Labute approximate surface area is 121 Å². The van der Waals surface area contributed by atoms with Crippen molar-refractivity contribution >= 4 is 17.7 Å². The van der Waals surface area contributed by atoms with Crippen molar-refractivity contribution in [1.29, 1.82) is 0 Å². The van der Waals surface area contributed by atoms with Gasteiger partial charge in [-0.1, -0.05) is 13.8 Å². The maximum atomic E-state index is 11.7. The first-order valence-corrected chi connectivity index (χ1v) is 6.47. The Morgan fingerprint density at radius 3 is 2.67 bits per heavy atom. The molecule has 116 valence electrons. The van der Waals surface area contributed by atoms with Gasteiger partial charge in [0.05, 0.1) is 23.3 Å². The maximum Gasteiger partial charge on any atom is 0.389 e. The van der Waals surface area contributed by atoms with Crippen molar-refractivity contribution in [2.75, 3.05) is 6.54 Å². The molecule has 1 aromatic heterocycles. The summed E-state index contributed by atoms with van der Waals surface area (Å²) in [6.45, 7) is 3.64. The lowest BCUT2D eigenvalue weighted by atomic mass is 9.97. The van der Waals surface area contributed by atoms with Crippen LogP contribution in [0.25, 0.3) is 0 Å². The summed E-state index contributed by atoms with van der Waals surface area (Å²) >= 11 is 0. The molecule has 2 N–H and O–H groups in total. The summed E-state index contributed by atoms with van der Waals surface area (Å²) in [5, 5.41) is 25.6. The van der Waals surface area contributed by atoms with Gasteiger partial charge in [-0.15, -0.1) is 0 Å². The third-order valence-electron chi connectivity index (χ3n) is 2.77. The SMILES string of the molecule is CC(C)CC(CNC(=O)Cn1ccc([N+](=O)[O-])n1)C(=O)O. The van der Waals surface area contributed by atoms with Crippen molar-refractivity contribution in [3.63, 3.8) is 0 Å². The van der Waals surface area contributed by atoms with Crippen LogP contribution in [0.15, 0.2) is 12.3 Å². The number of nitrogens with one attached hydrogen (secondary N) is 1.